The lowest BCUT2D eigenvalue weighted by Gasteiger charge is -2.03. The van der Waals surface area contributed by atoms with E-state index in [0.717, 1.165) is 11.0 Å². The van der Waals surface area contributed by atoms with Gasteiger partial charge in [-0.2, -0.15) is 0 Å². The third-order valence-corrected chi connectivity index (χ3v) is 3.22. The van der Waals surface area contributed by atoms with Crippen molar-refractivity contribution >= 4 is 28.5 Å². The number of benzene rings is 1. The Morgan fingerprint density at radius 3 is 3.10 bits per heavy atom. The summed E-state index contributed by atoms with van der Waals surface area (Å²) >= 11 is 0. The first kappa shape index (κ1) is 11.6. The van der Waals surface area contributed by atoms with E-state index in [0.29, 0.717) is 17.2 Å². The predicted octanol–water partition coefficient (Wildman–Crippen LogP) is 1.86. The van der Waals surface area contributed by atoms with Gasteiger partial charge in [0.15, 0.2) is 5.65 Å². The van der Waals surface area contributed by atoms with E-state index < -0.39 is 0 Å². The van der Waals surface area contributed by atoms with Gasteiger partial charge in [-0.3, -0.25) is 14.5 Å². The summed E-state index contributed by atoms with van der Waals surface area (Å²) in [4.78, 5) is 19.4. The molecule has 3 aromatic heterocycles. The quantitative estimate of drug-likeness (QED) is 0.585. The van der Waals surface area contributed by atoms with Crippen LogP contribution in [0.25, 0.3) is 16.7 Å². The second kappa shape index (κ2) is 4.41. The number of fused-ring (bicyclic) bond motifs is 2. The average molecular weight is 278 g/mol. The van der Waals surface area contributed by atoms with E-state index >= 15 is 0 Å². The van der Waals surface area contributed by atoms with Crippen LogP contribution in [-0.2, 0) is 0 Å². The zero-order chi connectivity index (χ0) is 14.2. The zero-order valence-corrected chi connectivity index (χ0v) is 10.8. The molecule has 0 aliphatic rings. The van der Waals surface area contributed by atoms with Crippen molar-refractivity contribution in [2.24, 2.45) is 0 Å². The van der Waals surface area contributed by atoms with Gasteiger partial charge in [-0.05, 0) is 30.3 Å². The van der Waals surface area contributed by atoms with Gasteiger partial charge in [0.1, 0.15) is 0 Å². The Bertz CT molecular complexity index is 954. The minimum Gasteiger partial charge on any atom is -0.345 e. The maximum absolute atomic E-state index is 12.3. The topological polar surface area (TPSA) is 88.0 Å². The molecule has 0 aliphatic heterocycles. The van der Waals surface area contributed by atoms with Crippen LogP contribution in [0.2, 0.25) is 0 Å². The molecular formula is C14H10N6O. The monoisotopic (exact) mass is 278 g/mol. The molecule has 4 rings (SSSR count). The summed E-state index contributed by atoms with van der Waals surface area (Å²) < 4.78 is 1.71. The highest BCUT2D eigenvalue weighted by atomic mass is 16.1. The Morgan fingerprint density at radius 2 is 2.14 bits per heavy atom. The highest BCUT2D eigenvalue weighted by Gasteiger charge is 2.11. The average Bonchev–Trinajstić information content (AvgIpc) is 3.13. The molecule has 7 nitrogen and oxygen atoms in total. The number of rotatable bonds is 2. The van der Waals surface area contributed by atoms with Gasteiger partial charge in [0.2, 0.25) is 5.95 Å². The molecule has 0 saturated carbocycles. The fourth-order valence-electron chi connectivity index (χ4n) is 2.18. The van der Waals surface area contributed by atoms with E-state index in [1.807, 2.05) is 18.2 Å². The molecule has 0 atom stereocenters. The molecule has 0 bridgehead atoms. The van der Waals surface area contributed by atoms with Crippen molar-refractivity contribution in [3.63, 3.8) is 0 Å². The second-order valence-corrected chi connectivity index (χ2v) is 4.54. The SMILES string of the molecule is O=C(Nc1nnc2ccccn12)c1ccc2nc[nH]c2c1. The molecule has 21 heavy (non-hydrogen) atoms. The van der Waals surface area contributed by atoms with Crippen LogP contribution in [0.1, 0.15) is 10.4 Å². The molecule has 2 N–H and O–H groups in total. The minimum absolute atomic E-state index is 0.246. The standard InChI is InChI=1S/C14H10N6O/c21-13(9-4-5-10-11(7-9)16-8-15-10)17-14-19-18-12-3-1-2-6-20(12)14/h1-8H,(H,15,16)(H,17,19,21). The van der Waals surface area contributed by atoms with E-state index in [1.165, 1.54) is 0 Å². The van der Waals surface area contributed by atoms with E-state index in [-0.39, 0.29) is 5.91 Å². The number of aromatic amines is 1. The van der Waals surface area contributed by atoms with Crippen LogP contribution in [0.4, 0.5) is 5.95 Å². The number of pyridine rings is 1. The number of anilines is 1. The first-order valence-electron chi connectivity index (χ1n) is 6.35. The van der Waals surface area contributed by atoms with E-state index in [1.54, 1.807) is 35.1 Å². The molecular weight excluding hydrogens is 268 g/mol. The van der Waals surface area contributed by atoms with Crippen LogP contribution in [0.15, 0.2) is 48.9 Å². The number of imidazole rings is 1. The highest BCUT2D eigenvalue weighted by molar-refractivity contribution is 6.05. The Balaban J connectivity index is 1.68. The van der Waals surface area contributed by atoms with Crippen LogP contribution in [0.5, 0.6) is 0 Å². The number of carbonyl (C=O) groups excluding carboxylic acids is 1. The normalized spacial score (nSPS) is 11.0. The predicted molar refractivity (Wildman–Crippen MR) is 77.0 cm³/mol. The van der Waals surface area contributed by atoms with E-state index in [2.05, 4.69) is 25.5 Å². The highest BCUT2D eigenvalue weighted by Crippen LogP contribution is 2.14. The molecule has 1 amide bonds. The van der Waals surface area contributed by atoms with Crippen LogP contribution < -0.4 is 5.32 Å². The third-order valence-electron chi connectivity index (χ3n) is 3.22. The number of hydrogen-bond donors (Lipinski definition) is 2. The van der Waals surface area contributed by atoms with Gasteiger partial charge in [0, 0.05) is 11.8 Å². The van der Waals surface area contributed by atoms with Crippen molar-refractivity contribution in [3.05, 3.63) is 54.5 Å². The maximum Gasteiger partial charge on any atom is 0.258 e. The molecule has 0 fully saturated rings. The zero-order valence-electron chi connectivity index (χ0n) is 10.8. The van der Waals surface area contributed by atoms with E-state index in [4.69, 9.17) is 0 Å². The van der Waals surface area contributed by atoms with Crippen LogP contribution in [0, 0.1) is 0 Å². The number of amides is 1. The molecule has 102 valence electrons. The van der Waals surface area contributed by atoms with Crippen LogP contribution >= 0.6 is 0 Å². The lowest BCUT2D eigenvalue weighted by Crippen LogP contribution is -2.14. The molecule has 0 radical (unpaired) electrons. The number of nitrogens with zero attached hydrogens (tertiary/aromatic N) is 4. The van der Waals surface area contributed by atoms with Gasteiger partial charge in [0.05, 0.1) is 17.4 Å². The van der Waals surface area contributed by atoms with Gasteiger partial charge in [-0.15, -0.1) is 10.2 Å². The third kappa shape index (κ3) is 1.91. The molecule has 0 unspecified atom stereocenters. The first-order chi connectivity index (χ1) is 10.3. The fourth-order valence-corrected chi connectivity index (χ4v) is 2.18. The number of H-pyrrole nitrogens is 1. The van der Waals surface area contributed by atoms with Gasteiger partial charge >= 0.3 is 0 Å². The Hall–Kier alpha value is -3.22. The molecule has 0 spiro atoms. The van der Waals surface area contributed by atoms with Crippen LogP contribution in [0.3, 0.4) is 0 Å². The fraction of sp³-hybridized carbons (Fsp3) is 0. The van der Waals surface area contributed by atoms with Crippen molar-refractivity contribution in [2.45, 2.75) is 0 Å². The minimum atomic E-state index is -0.246. The molecule has 0 aliphatic carbocycles. The summed E-state index contributed by atoms with van der Waals surface area (Å²) in [6.45, 7) is 0. The van der Waals surface area contributed by atoms with Gasteiger partial charge < -0.3 is 4.98 Å². The lowest BCUT2D eigenvalue weighted by molar-refractivity contribution is 0.102. The van der Waals surface area contributed by atoms with Gasteiger partial charge in [-0.25, -0.2) is 4.98 Å². The molecule has 1 aromatic carbocycles. The number of carbonyl (C=O) groups is 1. The first-order valence-corrected chi connectivity index (χ1v) is 6.35. The number of hydrogen-bond acceptors (Lipinski definition) is 4. The molecule has 4 aromatic rings. The van der Waals surface area contributed by atoms with Crippen molar-refractivity contribution in [1.82, 2.24) is 24.6 Å². The Labute approximate surface area is 118 Å². The maximum atomic E-state index is 12.3. The van der Waals surface area contributed by atoms with Crippen molar-refractivity contribution in [3.8, 4) is 0 Å². The van der Waals surface area contributed by atoms with Crippen molar-refractivity contribution < 1.29 is 4.79 Å². The Morgan fingerprint density at radius 1 is 1.19 bits per heavy atom. The molecule has 0 saturated heterocycles. The van der Waals surface area contributed by atoms with E-state index in [9.17, 15) is 4.79 Å². The summed E-state index contributed by atoms with van der Waals surface area (Å²) in [5, 5.41) is 10.7. The molecule has 3 heterocycles. The summed E-state index contributed by atoms with van der Waals surface area (Å²) in [5.74, 6) is 0.143. The summed E-state index contributed by atoms with van der Waals surface area (Å²) in [6.07, 6.45) is 3.39. The number of nitrogens with one attached hydrogen (secondary N) is 2. The largest absolute Gasteiger partial charge is 0.345 e. The van der Waals surface area contributed by atoms with Gasteiger partial charge in [-0.1, -0.05) is 6.07 Å². The van der Waals surface area contributed by atoms with Crippen molar-refractivity contribution in [1.29, 1.82) is 0 Å². The van der Waals surface area contributed by atoms with Crippen molar-refractivity contribution in [2.75, 3.05) is 5.32 Å². The summed E-state index contributed by atoms with van der Waals surface area (Å²) in [5.41, 5.74) is 2.84. The smallest absolute Gasteiger partial charge is 0.258 e. The molecule has 7 heteroatoms. The number of aromatic nitrogens is 5. The summed E-state index contributed by atoms with van der Waals surface area (Å²) in [6, 6.07) is 10.8. The summed E-state index contributed by atoms with van der Waals surface area (Å²) in [7, 11) is 0. The van der Waals surface area contributed by atoms with Crippen LogP contribution in [-0.4, -0.2) is 30.5 Å². The Kier molecular flexibility index (Phi) is 2.43. The second-order valence-electron chi connectivity index (χ2n) is 4.54. The van der Waals surface area contributed by atoms with Gasteiger partial charge in [0.25, 0.3) is 5.91 Å². The lowest BCUT2D eigenvalue weighted by atomic mass is 10.2.